The Bertz CT molecular complexity index is 414. The van der Waals surface area contributed by atoms with E-state index in [4.69, 9.17) is 4.74 Å². The molecule has 2 rings (SSSR count). The first-order valence-corrected chi connectivity index (χ1v) is 6.64. The molecule has 0 aliphatic heterocycles. The molecule has 1 aromatic rings. The molecule has 1 fully saturated rings. The topological polar surface area (TPSA) is 38.3 Å². The molecule has 1 aromatic carbocycles. The predicted octanol–water partition coefficient (Wildman–Crippen LogP) is 3.59. The first kappa shape index (κ1) is 12.4. The van der Waals surface area contributed by atoms with E-state index < -0.39 is 0 Å². The number of nitrogens with one attached hydrogen (secondary N) is 1. The van der Waals surface area contributed by atoms with Crippen LogP contribution in [0.1, 0.15) is 25.7 Å². The maximum Gasteiger partial charge on any atom is 0.227 e. The SMILES string of the molecule is COc1ccc(NC(=O)C2CCCC2)cc1Br. The lowest BCUT2D eigenvalue weighted by atomic mass is 10.1. The number of hydrogen-bond acceptors (Lipinski definition) is 2. The molecule has 0 aromatic heterocycles. The minimum Gasteiger partial charge on any atom is -0.496 e. The fraction of sp³-hybridized carbons (Fsp3) is 0.462. The van der Waals surface area contributed by atoms with E-state index in [2.05, 4.69) is 21.2 Å². The van der Waals surface area contributed by atoms with Crippen LogP contribution >= 0.6 is 15.9 Å². The Kier molecular flexibility index (Phi) is 4.05. The van der Waals surface area contributed by atoms with E-state index in [1.165, 1.54) is 12.8 Å². The van der Waals surface area contributed by atoms with Crippen LogP contribution in [0.2, 0.25) is 0 Å². The third-order valence-electron chi connectivity index (χ3n) is 3.15. The molecular weight excluding hydrogens is 282 g/mol. The summed E-state index contributed by atoms with van der Waals surface area (Å²) < 4.78 is 6.00. The van der Waals surface area contributed by atoms with Crippen LogP contribution in [0.3, 0.4) is 0 Å². The van der Waals surface area contributed by atoms with Gasteiger partial charge in [0.2, 0.25) is 5.91 Å². The molecule has 17 heavy (non-hydrogen) atoms. The second-order valence-electron chi connectivity index (χ2n) is 4.32. The average Bonchev–Trinajstić information content (AvgIpc) is 2.82. The van der Waals surface area contributed by atoms with Gasteiger partial charge in [0.25, 0.3) is 0 Å². The van der Waals surface area contributed by atoms with Gasteiger partial charge in [-0.25, -0.2) is 0 Å². The van der Waals surface area contributed by atoms with Crippen molar-refractivity contribution < 1.29 is 9.53 Å². The molecule has 0 atom stereocenters. The van der Waals surface area contributed by atoms with Gasteiger partial charge in [0, 0.05) is 11.6 Å². The zero-order valence-corrected chi connectivity index (χ0v) is 11.4. The Balaban J connectivity index is 2.03. The molecule has 1 N–H and O–H groups in total. The number of amides is 1. The van der Waals surface area contributed by atoms with Crippen molar-refractivity contribution in [1.29, 1.82) is 0 Å². The number of ether oxygens (including phenoxy) is 1. The van der Waals surface area contributed by atoms with Gasteiger partial charge in [0.15, 0.2) is 0 Å². The highest BCUT2D eigenvalue weighted by Crippen LogP contribution is 2.29. The lowest BCUT2D eigenvalue weighted by molar-refractivity contribution is -0.119. The molecule has 1 aliphatic rings. The molecule has 1 amide bonds. The van der Waals surface area contributed by atoms with Crippen LogP contribution in [-0.4, -0.2) is 13.0 Å². The van der Waals surface area contributed by atoms with Gasteiger partial charge in [-0.3, -0.25) is 4.79 Å². The van der Waals surface area contributed by atoms with Crippen molar-refractivity contribution in [3.63, 3.8) is 0 Å². The second kappa shape index (κ2) is 5.54. The smallest absolute Gasteiger partial charge is 0.227 e. The van der Waals surface area contributed by atoms with Gasteiger partial charge < -0.3 is 10.1 Å². The van der Waals surface area contributed by atoms with Crippen LogP contribution in [0.5, 0.6) is 5.75 Å². The van der Waals surface area contributed by atoms with Crippen molar-refractivity contribution >= 4 is 27.5 Å². The molecule has 92 valence electrons. The zero-order valence-electron chi connectivity index (χ0n) is 9.83. The van der Waals surface area contributed by atoms with E-state index in [-0.39, 0.29) is 11.8 Å². The normalized spacial score (nSPS) is 15.9. The number of halogens is 1. The summed E-state index contributed by atoms with van der Waals surface area (Å²) in [7, 11) is 1.62. The van der Waals surface area contributed by atoms with Crippen LogP contribution < -0.4 is 10.1 Å². The molecule has 1 aliphatic carbocycles. The van der Waals surface area contributed by atoms with E-state index in [1.54, 1.807) is 7.11 Å². The zero-order chi connectivity index (χ0) is 12.3. The fourth-order valence-electron chi connectivity index (χ4n) is 2.18. The molecule has 3 nitrogen and oxygen atoms in total. The van der Waals surface area contributed by atoms with Crippen LogP contribution in [0.15, 0.2) is 22.7 Å². The largest absolute Gasteiger partial charge is 0.496 e. The number of carbonyl (C=O) groups is 1. The van der Waals surface area contributed by atoms with Gasteiger partial charge in [-0.1, -0.05) is 12.8 Å². The Morgan fingerprint density at radius 3 is 2.71 bits per heavy atom. The monoisotopic (exact) mass is 297 g/mol. The number of methoxy groups -OCH3 is 1. The second-order valence-corrected chi connectivity index (χ2v) is 5.17. The van der Waals surface area contributed by atoms with Gasteiger partial charge in [0.05, 0.1) is 11.6 Å². The summed E-state index contributed by atoms with van der Waals surface area (Å²) in [4.78, 5) is 11.9. The van der Waals surface area contributed by atoms with Gasteiger partial charge in [-0.05, 0) is 47.0 Å². The van der Waals surface area contributed by atoms with E-state index >= 15 is 0 Å². The van der Waals surface area contributed by atoms with Crippen molar-refractivity contribution in [2.45, 2.75) is 25.7 Å². The van der Waals surface area contributed by atoms with Crippen molar-refractivity contribution in [3.05, 3.63) is 22.7 Å². The Morgan fingerprint density at radius 2 is 2.12 bits per heavy atom. The minimum atomic E-state index is 0.138. The first-order valence-electron chi connectivity index (χ1n) is 5.85. The summed E-state index contributed by atoms with van der Waals surface area (Å²) in [6.45, 7) is 0. The van der Waals surface area contributed by atoms with Crippen LogP contribution in [0.4, 0.5) is 5.69 Å². The van der Waals surface area contributed by atoms with Crippen molar-refractivity contribution in [1.82, 2.24) is 0 Å². The lowest BCUT2D eigenvalue weighted by Crippen LogP contribution is -2.20. The molecule has 4 heteroatoms. The standard InChI is InChI=1S/C13H16BrNO2/c1-17-12-7-6-10(8-11(12)14)15-13(16)9-4-2-3-5-9/h6-9H,2-5H2,1H3,(H,15,16). The summed E-state index contributed by atoms with van der Waals surface area (Å²) in [5.41, 5.74) is 0.814. The van der Waals surface area contributed by atoms with E-state index in [0.717, 1.165) is 28.8 Å². The van der Waals surface area contributed by atoms with E-state index in [9.17, 15) is 4.79 Å². The Morgan fingerprint density at radius 1 is 1.41 bits per heavy atom. The fourth-order valence-corrected chi connectivity index (χ4v) is 2.72. The summed E-state index contributed by atoms with van der Waals surface area (Å²) in [6, 6.07) is 5.57. The molecule has 0 spiro atoms. The maximum atomic E-state index is 11.9. The molecule has 0 unspecified atom stereocenters. The van der Waals surface area contributed by atoms with Gasteiger partial charge in [0.1, 0.15) is 5.75 Å². The van der Waals surface area contributed by atoms with Gasteiger partial charge in [-0.2, -0.15) is 0 Å². The highest BCUT2D eigenvalue weighted by Gasteiger charge is 2.22. The summed E-state index contributed by atoms with van der Waals surface area (Å²) >= 11 is 3.40. The van der Waals surface area contributed by atoms with Crippen LogP contribution in [0.25, 0.3) is 0 Å². The molecule has 0 heterocycles. The van der Waals surface area contributed by atoms with Gasteiger partial charge >= 0.3 is 0 Å². The van der Waals surface area contributed by atoms with Crippen molar-refractivity contribution in [3.8, 4) is 5.75 Å². The highest BCUT2D eigenvalue weighted by atomic mass is 79.9. The van der Waals surface area contributed by atoms with Crippen LogP contribution in [-0.2, 0) is 4.79 Å². The van der Waals surface area contributed by atoms with Crippen molar-refractivity contribution in [2.24, 2.45) is 5.92 Å². The number of hydrogen-bond donors (Lipinski definition) is 1. The molecular formula is C13H16BrNO2. The third kappa shape index (κ3) is 3.00. The van der Waals surface area contributed by atoms with Crippen molar-refractivity contribution in [2.75, 3.05) is 12.4 Å². The minimum absolute atomic E-state index is 0.138. The first-order chi connectivity index (χ1) is 8.20. The number of carbonyl (C=O) groups excluding carboxylic acids is 1. The van der Waals surface area contributed by atoms with Gasteiger partial charge in [-0.15, -0.1) is 0 Å². The highest BCUT2D eigenvalue weighted by molar-refractivity contribution is 9.10. The number of benzene rings is 1. The molecule has 0 bridgehead atoms. The maximum absolute atomic E-state index is 11.9. The van der Waals surface area contributed by atoms with E-state index in [1.807, 2.05) is 18.2 Å². The molecule has 0 radical (unpaired) electrons. The number of rotatable bonds is 3. The summed E-state index contributed by atoms with van der Waals surface area (Å²) in [5.74, 6) is 1.10. The lowest BCUT2D eigenvalue weighted by Gasteiger charge is -2.11. The predicted molar refractivity (Wildman–Crippen MR) is 71.3 cm³/mol. The summed E-state index contributed by atoms with van der Waals surface area (Å²) in [5, 5.41) is 2.95. The summed E-state index contributed by atoms with van der Waals surface area (Å²) in [6.07, 6.45) is 4.38. The average molecular weight is 298 g/mol. The number of anilines is 1. The van der Waals surface area contributed by atoms with Crippen LogP contribution in [0, 0.1) is 5.92 Å². The Labute approximate surface area is 110 Å². The quantitative estimate of drug-likeness (QED) is 0.926. The molecule has 0 saturated heterocycles. The third-order valence-corrected chi connectivity index (χ3v) is 3.77. The Hall–Kier alpha value is -1.03. The molecule has 1 saturated carbocycles. The van der Waals surface area contributed by atoms with E-state index in [0.29, 0.717) is 0 Å².